The van der Waals surface area contributed by atoms with Crippen LogP contribution in [0, 0.1) is 5.82 Å². The highest BCUT2D eigenvalue weighted by Crippen LogP contribution is 2.38. The van der Waals surface area contributed by atoms with E-state index in [9.17, 15) is 4.39 Å². The summed E-state index contributed by atoms with van der Waals surface area (Å²) in [5.41, 5.74) is 1.24. The van der Waals surface area contributed by atoms with Crippen LogP contribution in [0.5, 0.6) is 0 Å². The minimum absolute atomic E-state index is 0.231. The Morgan fingerprint density at radius 2 is 1.53 bits per heavy atom. The predicted octanol–water partition coefficient (Wildman–Crippen LogP) is 3.86. The third-order valence-electron chi connectivity index (χ3n) is 3.89. The fraction of sp³-hybridized carbons (Fsp3) is 0.467. The third kappa shape index (κ3) is 2.90. The topological polar surface area (TPSA) is 18.5 Å². The van der Waals surface area contributed by atoms with Gasteiger partial charge in [-0.3, -0.25) is 0 Å². The van der Waals surface area contributed by atoms with Crippen LogP contribution in [0.15, 0.2) is 29.7 Å². The van der Waals surface area contributed by atoms with Gasteiger partial charge in [-0.05, 0) is 57.8 Å². The molecule has 2 nitrogen and oxygen atoms in total. The van der Waals surface area contributed by atoms with E-state index in [1.54, 1.807) is 12.1 Å². The van der Waals surface area contributed by atoms with Crippen molar-refractivity contribution in [3.8, 4) is 0 Å². The fourth-order valence-electron chi connectivity index (χ4n) is 1.92. The average Bonchev–Trinajstić information content (AvgIpc) is 2.51. The number of halogens is 1. The maximum Gasteiger partial charge on any atom is 0.490 e. The second kappa shape index (κ2) is 4.76. The van der Waals surface area contributed by atoms with Crippen LogP contribution in [0.3, 0.4) is 0 Å². The van der Waals surface area contributed by atoms with Gasteiger partial charge in [-0.15, -0.1) is 0 Å². The lowest BCUT2D eigenvalue weighted by Crippen LogP contribution is -2.41. The molecule has 0 N–H and O–H groups in total. The Morgan fingerprint density at radius 1 is 1.05 bits per heavy atom. The highest BCUT2D eigenvalue weighted by Gasteiger charge is 2.51. The van der Waals surface area contributed by atoms with Gasteiger partial charge in [0.15, 0.2) is 0 Å². The van der Waals surface area contributed by atoms with Crippen molar-refractivity contribution in [2.45, 2.75) is 45.8 Å². The van der Waals surface area contributed by atoms with Crippen molar-refractivity contribution in [2.75, 3.05) is 0 Å². The number of hydrogen-bond acceptors (Lipinski definition) is 2. The molecule has 0 spiro atoms. The highest BCUT2D eigenvalue weighted by atomic mass is 19.1. The maximum atomic E-state index is 12.9. The van der Waals surface area contributed by atoms with Crippen LogP contribution in [-0.4, -0.2) is 18.3 Å². The van der Waals surface area contributed by atoms with E-state index in [0.717, 1.165) is 11.0 Å². The normalized spacial score (nSPS) is 21.8. The van der Waals surface area contributed by atoms with Crippen LogP contribution in [0.1, 0.15) is 40.2 Å². The van der Waals surface area contributed by atoms with Crippen molar-refractivity contribution >= 4 is 13.2 Å². The standard InChI is InChI=1S/C15H20BFO2/c1-11(10-12-6-8-13(17)9-7-12)16-18-14(2,3)15(4,5)19-16/h6-10H,1-5H3. The zero-order valence-electron chi connectivity index (χ0n) is 12.2. The third-order valence-corrected chi connectivity index (χ3v) is 3.89. The van der Waals surface area contributed by atoms with Crippen molar-refractivity contribution in [1.29, 1.82) is 0 Å². The zero-order chi connectivity index (χ0) is 14.3. The molecule has 0 aliphatic carbocycles. The molecular formula is C15H20BFO2. The smallest absolute Gasteiger partial charge is 0.400 e. The first-order valence-corrected chi connectivity index (χ1v) is 6.51. The Kier molecular flexibility index (Phi) is 3.58. The number of benzene rings is 1. The van der Waals surface area contributed by atoms with Crippen LogP contribution in [-0.2, 0) is 9.31 Å². The van der Waals surface area contributed by atoms with Gasteiger partial charge < -0.3 is 9.31 Å². The van der Waals surface area contributed by atoms with Crippen LogP contribution in [0.25, 0.3) is 6.08 Å². The molecule has 1 aromatic rings. The van der Waals surface area contributed by atoms with E-state index < -0.39 is 0 Å². The summed E-state index contributed by atoms with van der Waals surface area (Å²) in [6.07, 6.45) is 1.96. The molecule has 1 aliphatic heterocycles. The summed E-state index contributed by atoms with van der Waals surface area (Å²) in [5.74, 6) is -0.231. The van der Waals surface area contributed by atoms with Crippen molar-refractivity contribution in [3.63, 3.8) is 0 Å². The second-order valence-corrected chi connectivity index (χ2v) is 6.03. The summed E-state index contributed by atoms with van der Waals surface area (Å²) in [6, 6.07) is 6.38. The minimum Gasteiger partial charge on any atom is -0.400 e. The molecule has 1 saturated heterocycles. The van der Waals surface area contributed by atoms with E-state index in [2.05, 4.69) is 0 Å². The first kappa shape index (κ1) is 14.3. The largest absolute Gasteiger partial charge is 0.490 e. The van der Waals surface area contributed by atoms with E-state index in [4.69, 9.17) is 9.31 Å². The summed E-state index contributed by atoms with van der Waals surface area (Å²) in [4.78, 5) is 0. The van der Waals surface area contributed by atoms with Crippen LogP contribution in [0.2, 0.25) is 0 Å². The Balaban J connectivity index is 2.17. The Hall–Kier alpha value is -1.13. The molecule has 102 valence electrons. The SMILES string of the molecule is CC(=Cc1ccc(F)cc1)B1OC(C)(C)C(C)(C)O1. The molecule has 0 atom stereocenters. The molecule has 1 aliphatic rings. The lowest BCUT2D eigenvalue weighted by molar-refractivity contribution is 0.00578. The molecule has 19 heavy (non-hydrogen) atoms. The van der Waals surface area contributed by atoms with E-state index in [0.29, 0.717) is 0 Å². The van der Waals surface area contributed by atoms with E-state index in [-0.39, 0.29) is 24.1 Å². The number of hydrogen-bond donors (Lipinski definition) is 0. The van der Waals surface area contributed by atoms with Crippen molar-refractivity contribution in [1.82, 2.24) is 0 Å². The van der Waals surface area contributed by atoms with Gasteiger partial charge in [0.25, 0.3) is 0 Å². The molecule has 4 heteroatoms. The van der Waals surface area contributed by atoms with Gasteiger partial charge in [0.05, 0.1) is 11.2 Å². The predicted molar refractivity (Wildman–Crippen MR) is 76.1 cm³/mol. The molecule has 1 heterocycles. The van der Waals surface area contributed by atoms with Gasteiger partial charge in [-0.2, -0.15) is 0 Å². The van der Waals surface area contributed by atoms with Crippen LogP contribution < -0.4 is 0 Å². The van der Waals surface area contributed by atoms with Crippen molar-refractivity contribution < 1.29 is 13.7 Å². The summed E-state index contributed by atoms with van der Waals surface area (Å²) in [5, 5.41) is 0. The van der Waals surface area contributed by atoms with Gasteiger partial charge in [-0.25, -0.2) is 4.39 Å². The maximum absolute atomic E-state index is 12.9. The minimum atomic E-state index is -0.352. The summed E-state index contributed by atoms with van der Waals surface area (Å²) in [7, 11) is -0.352. The second-order valence-electron chi connectivity index (χ2n) is 6.03. The molecule has 1 fully saturated rings. The monoisotopic (exact) mass is 262 g/mol. The molecule has 0 bridgehead atoms. The molecule has 0 radical (unpaired) electrons. The fourth-order valence-corrected chi connectivity index (χ4v) is 1.92. The molecule has 0 amide bonds. The van der Waals surface area contributed by atoms with Crippen molar-refractivity contribution in [3.05, 3.63) is 41.1 Å². The summed E-state index contributed by atoms with van der Waals surface area (Å²) >= 11 is 0. The quantitative estimate of drug-likeness (QED) is 0.753. The van der Waals surface area contributed by atoms with Gasteiger partial charge in [0.2, 0.25) is 0 Å². The molecular weight excluding hydrogens is 242 g/mol. The Morgan fingerprint density at radius 3 is 2.00 bits per heavy atom. The van der Waals surface area contributed by atoms with Gasteiger partial charge in [0, 0.05) is 0 Å². The summed E-state index contributed by atoms with van der Waals surface area (Å²) in [6.45, 7) is 10.1. The number of rotatable bonds is 2. The Bertz CT molecular complexity index is 475. The van der Waals surface area contributed by atoms with E-state index in [1.807, 2.05) is 40.7 Å². The van der Waals surface area contributed by atoms with E-state index >= 15 is 0 Å². The average molecular weight is 262 g/mol. The van der Waals surface area contributed by atoms with Gasteiger partial charge in [-0.1, -0.05) is 18.2 Å². The lowest BCUT2D eigenvalue weighted by atomic mass is 9.78. The Labute approximate surface area is 114 Å². The first-order valence-electron chi connectivity index (χ1n) is 6.51. The molecule has 1 aromatic carbocycles. The molecule has 2 rings (SSSR count). The zero-order valence-corrected chi connectivity index (χ0v) is 12.2. The first-order chi connectivity index (χ1) is 8.71. The van der Waals surface area contributed by atoms with Gasteiger partial charge >= 0.3 is 7.12 Å². The molecule has 0 unspecified atom stereocenters. The van der Waals surface area contributed by atoms with Crippen molar-refractivity contribution in [2.24, 2.45) is 0 Å². The van der Waals surface area contributed by atoms with Gasteiger partial charge in [0.1, 0.15) is 5.82 Å². The van der Waals surface area contributed by atoms with E-state index in [1.165, 1.54) is 12.1 Å². The lowest BCUT2D eigenvalue weighted by Gasteiger charge is -2.32. The highest BCUT2D eigenvalue weighted by molar-refractivity contribution is 6.55. The molecule has 0 aromatic heterocycles. The van der Waals surface area contributed by atoms with Crippen LogP contribution in [0.4, 0.5) is 4.39 Å². The van der Waals surface area contributed by atoms with Crippen LogP contribution >= 0.6 is 0 Å². The molecule has 0 saturated carbocycles. The summed E-state index contributed by atoms with van der Waals surface area (Å²) < 4.78 is 24.8. The number of allylic oxidation sites excluding steroid dienone is 1.